The molecule has 0 spiro atoms. The Bertz CT molecular complexity index is 750. The van der Waals surface area contributed by atoms with Gasteiger partial charge in [-0.2, -0.15) is 0 Å². The second-order valence-corrected chi connectivity index (χ2v) is 6.01. The molecule has 0 aliphatic heterocycles. The topological polar surface area (TPSA) is 94.3 Å². The van der Waals surface area contributed by atoms with E-state index < -0.39 is 15.8 Å². The largest absolute Gasteiger partial charge is 0.495 e. The lowest BCUT2D eigenvalue weighted by molar-refractivity contribution is 0.417. The van der Waals surface area contributed by atoms with Crippen LogP contribution >= 0.6 is 0 Å². The lowest BCUT2D eigenvalue weighted by Crippen LogP contribution is -2.23. The highest BCUT2D eigenvalue weighted by atomic mass is 32.2. The summed E-state index contributed by atoms with van der Waals surface area (Å²) >= 11 is 0. The van der Waals surface area contributed by atoms with E-state index in [2.05, 4.69) is 9.71 Å². The van der Waals surface area contributed by atoms with Gasteiger partial charge in [0.2, 0.25) is 10.0 Å². The quantitative estimate of drug-likeness (QED) is 0.811. The second kappa shape index (κ2) is 6.06. The zero-order valence-corrected chi connectivity index (χ0v) is 12.0. The van der Waals surface area contributed by atoms with Crippen LogP contribution in [0.15, 0.2) is 41.6 Å². The number of ether oxygens (including phenoxy) is 1. The highest BCUT2D eigenvalue weighted by Gasteiger charge is 2.15. The van der Waals surface area contributed by atoms with Crippen LogP contribution in [0.1, 0.15) is 5.56 Å². The highest BCUT2D eigenvalue weighted by Crippen LogP contribution is 2.22. The Labute approximate surface area is 121 Å². The van der Waals surface area contributed by atoms with Crippen molar-refractivity contribution in [2.24, 2.45) is 0 Å². The lowest BCUT2D eigenvalue weighted by atomic mass is 10.2. The van der Waals surface area contributed by atoms with E-state index in [0.717, 1.165) is 18.5 Å². The van der Waals surface area contributed by atoms with E-state index in [-0.39, 0.29) is 11.4 Å². The van der Waals surface area contributed by atoms with Crippen LogP contribution in [-0.4, -0.2) is 20.5 Å². The third-order valence-corrected chi connectivity index (χ3v) is 4.12. The Hall–Kier alpha value is -2.19. The normalized spacial score (nSPS) is 11.3. The molecule has 1 heterocycles. The average molecular weight is 311 g/mol. The summed E-state index contributed by atoms with van der Waals surface area (Å²) in [5, 5.41) is 0. The van der Waals surface area contributed by atoms with Crippen molar-refractivity contribution in [2.45, 2.75) is 11.4 Å². The summed E-state index contributed by atoms with van der Waals surface area (Å²) in [6.07, 6.45) is 2.01. The van der Waals surface area contributed by atoms with Gasteiger partial charge >= 0.3 is 0 Å². The van der Waals surface area contributed by atoms with Crippen LogP contribution in [0.3, 0.4) is 0 Å². The van der Waals surface area contributed by atoms with Gasteiger partial charge in [0.15, 0.2) is 0 Å². The van der Waals surface area contributed by atoms with E-state index in [1.54, 1.807) is 18.2 Å². The van der Waals surface area contributed by atoms with Gasteiger partial charge in [0.05, 0.1) is 19.0 Å². The van der Waals surface area contributed by atoms with Crippen molar-refractivity contribution in [2.75, 3.05) is 12.8 Å². The van der Waals surface area contributed by atoms with Crippen molar-refractivity contribution < 1.29 is 17.5 Å². The number of nitrogen functional groups attached to an aromatic ring is 1. The number of nitrogens with zero attached hydrogens (tertiary/aromatic N) is 1. The molecule has 2 aromatic rings. The molecule has 0 unspecified atom stereocenters. The van der Waals surface area contributed by atoms with Crippen LogP contribution in [-0.2, 0) is 16.6 Å². The molecule has 0 saturated carbocycles. The summed E-state index contributed by atoms with van der Waals surface area (Å²) < 4.78 is 44.4. The summed E-state index contributed by atoms with van der Waals surface area (Å²) in [5.74, 6) is -0.206. The SMILES string of the molecule is COc1ccc(CNS(=O)(=O)c2cncc(F)c2)cc1N. The van der Waals surface area contributed by atoms with E-state index in [0.29, 0.717) is 17.0 Å². The first kappa shape index (κ1) is 15.2. The lowest BCUT2D eigenvalue weighted by Gasteiger charge is -2.09. The molecular formula is C13H14FN3O3S. The number of aromatic nitrogens is 1. The maximum Gasteiger partial charge on any atom is 0.242 e. The van der Waals surface area contributed by atoms with E-state index in [9.17, 15) is 12.8 Å². The van der Waals surface area contributed by atoms with Crippen molar-refractivity contribution in [1.82, 2.24) is 9.71 Å². The van der Waals surface area contributed by atoms with Gasteiger partial charge in [-0.1, -0.05) is 6.07 Å². The van der Waals surface area contributed by atoms with Crippen LogP contribution in [0, 0.1) is 5.82 Å². The molecule has 0 amide bonds. The first-order chi connectivity index (χ1) is 9.92. The van der Waals surface area contributed by atoms with Gasteiger partial charge in [0.1, 0.15) is 16.5 Å². The van der Waals surface area contributed by atoms with Crippen molar-refractivity contribution in [1.29, 1.82) is 0 Å². The predicted molar refractivity (Wildman–Crippen MR) is 75.6 cm³/mol. The number of pyridine rings is 1. The maximum atomic E-state index is 13.0. The number of anilines is 1. The Balaban J connectivity index is 2.13. The molecule has 112 valence electrons. The number of halogens is 1. The van der Waals surface area contributed by atoms with Gasteiger partial charge in [0.25, 0.3) is 0 Å². The van der Waals surface area contributed by atoms with Gasteiger partial charge < -0.3 is 10.5 Å². The predicted octanol–water partition coefficient (Wildman–Crippen LogP) is 1.29. The zero-order valence-electron chi connectivity index (χ0n) is 11.2. The van der Waals surface area contributed by atoms with Crippen LogP contribution < -0.4 is 15.2 Å². The van der Waals surface area contributed by atoms with Crippen molar-refractivity contribution in [3.8, 4) is 5.75 Å². The van der Waals surface area contributed by atoms with Crippen molar-refractivity contribution >= 4 is 15.7 Å². The Morgan fingerprint density at radius 3 is 2.71 bits per heavy atom. The number of nitrogens with two attached hydrogens (primary N) is 1. The molecule has 0 fully saturated rings. The maximum absolute atomic E-state index is 13.0. The Morgan fingerprint density at radius 1 is 1.33 bits per heavy atom. The molecule has 0 atom stereocenters. The summed E-state index contributed by atoms with van der Waals surface area (Å²) in [4.78, 5) is 3.28. The van der Waals surface area contributed by atoms with Gasteiger partial charge in [-0.05, 0) is 23.8 Å². The van der Waals surface area contributed by atoms with Gasteiger partial charge in [-0.3, -0.25) is 4.98 Å². The van der Waals surface area contributed by atoms with Gasteiger partial charge in [-0.25, -0.2) is 17.5 Å². The van der Waals surface area contributed by atoms with Gasteiger partial charge in [-0.15, -0.1) is 0 Å². The average Bonchev–Trinajstić information content (AvgIpc) is 2.45. The molecule has 2 rings (SSSR count). The first-order valence-electron chi connectivity index (χ1n) is 5.95. The molecule has 1 aromatic heterocycles. The summed E-state index contributed by atoms with van der Waals surface area (Å²) in [6.45, 7) is 0.0209. The molecule has 0 bridgehead atoms. The molecule has 3 N–H and O–H groups in total. The third-order valence-electron chi connectivity index (χ3n) is 2.75. The number of methoxy groups -OCH3 is 1. The molecule has 1 aromatic carbocycles. The molecule has 0 aliphatic rings. The fourth-order valence-electron chi connectivity index (χ4n) is 1.69. The fourth-order valence-corrected chi connectivity index (χ4v) is 2.69. The third kappa shape index (κ3) is 3.67. The number of hydrogen-bond donors (Lipinski definition) is 2. The number of nitrogens with one attached hydrogen (secondary N) is 1. The molecule has 21 heavy (non-hydrogen) atoms. The molecule has 0 aliphatic carbocycles. The number of hydrogen-bond acceptors (Lipinski definition) is 5. The Morgan fingerprint density at radius 2 is 2.10 bits per heavy atom. The summed E-state index contributed by atoms with van der Waals surface area (Å²) in [6, 6.07) is 5.83. The fraction of sp³-hybridized carbons (Fsp3) is 0.154. The molecule has 6 nitrogen and oxygen atoms in total. The van der Waals surface area contributed by atoms with Crippen LogP contribution in [0.5, 0.6) is 5.75 Å². The van der Waals surface area contributed by atoms with E-state index in [1.165, 1.54) is 7.11 Å². The standard InChI is InChI=1S/C13H14FN3O3S/c1-20-13-3-2-9(4-12(13)15)6-17-21(18,19)11-5-10(14)7-16-8-11/h2-5,7-8,17H,6,15H2,1H3. The minimum absolute atomic E-state index is 0.0209. The second-order valence-electron chi connectivity index (χ2n) is 4.24. The smallest absolute Gasteiger partial charge is 0.242 e. The molecular weight excluding hydrogens is 297 g/mol. The van der Waals surface area contributed by atoms with Crippen LogP contribution in [0.2, 0.25) is 0 Å². The van der Waals surface area contributed by atoms with E-state index in [1.807, 2.05) is 0 Å². The summed E-state index contributed by atoms with van der Waals surface area (Å²) in [7, 11) is -2.34. The molecule has 8 heteroatoms. The van der Waals surface area contributed by atoms with E-state index in [4.69, 9.17) is 10.5 Å². The molecule has 0 saturated heterocycles. The number of sulfonamides is 1. The summed E-state index contributed by atoms with van der Waals surface area (Å²) in [5.41, 5.74) is 6.80. The van der Waals surface area contributed by atoms with Crippen molar-refractivity contribution in [3.63, 3.8) is 0 Å². The van der Waals surface area contributed by atoms with Gasteiger partial charge in [0, 0.05) is 12.7 Å². The Kier molecular flexibility index (Phi) is 4.39. The number of rotatable bonds is 5. The van der Waals surface area contributed by atoms with Crippen molar-refractivity contribution in [3.05, 3.63) is 48.0 Å². The first-order valence-corrected chi connectivity index (χ1v) is 7.43. The van der Waals surface area contributed by atoms with Crippen LogP contribution in [0.25, 0.3) is 0 Å². The minimum Gasteiger partial charge on any atom is -0.495 e. The monoisotopic (exact) mass is 311 g/mol. The van der Waals surface area contributed by atoms with Crippen LogP contribution in [0.4, 0.5) is 10.1 Å². The highest BCUT2D eigenvalue weighted by molar-refractivity contribution is 7.89. The minimum atomic E-state index is -3.83. The van der Waals surface area contributed by atoms with E-state index >= 15 is 0 Å². The number of benzene rings is 1. The molecule has 0 radical (unpaired) electrons. The zero-order chi connectivity index (χ0) is 15.5.